The van der Waals surface area contributed by atoms with Crippen molar-refractivity contribution in [2.45, 2.75) is 43.4 Å². The fourth-order valence-corrected chi connectivity index (χ4v) is 6.15. The normalized spacial score (nSPS) is 15.5. The molecule has 1 aliphatic heterocycles. The van der Waals surface area contributed by atoms with Gasteiger partial charge in [-0.2, -0.15) is 4.31 Å². The van der Waals surface area contributed by atoms with Crippen molar-refractivity contribution in [1.29, 1.82) is 0 Å². The lowest BCUT2D eigenvalue weighted by molar-refractivity contribution is -0.114. The summed E-state index contributed by atoms with van der Waals surface area (Å²) in [6.45, 7) is 2.82. The van der Waals surface area contributed by atoms with Gasteiger partial charge in [-0.25, -0.2) is 8.42 Å². The molecule has 0 aliphatic carbocycles. The first-order valence-corrected chi connectivity index (χ1v) is 11.9. The Hall–Kier alpha value is -2.23. The SMILES string of the molecule is CC(=O)Nc1ccc(C(=O)NCc2ccc(S(=O)(=O)N3CCCCCC3)s2)cc1. The van der Waals surface area contributed by atoms with E-state index in [0.29, 0.717) is 28.5 Å². The Labute approximate surface area is 175 Å². The van der Waals surface area contributed by atoms with Crippen molar-refractivity contribution < 1.29 is 18.0 Å². The van der Waals surface area contributed by atoms with Crippen LogP contribution in [0.15, 0.2) is 40.6 Å². The molecular weight excluding hydrogens is 410 g/mol. The zero-order valence-corrected chi connectivity index (χ0v) is 17.9. The number of benzene rings is 1. The van der Waals surface area contributed by atoms with E-state index in [0.717, 1.165) is 30.6 Å². The van der Waals surface area contributed by atoms with Crippen LogP contribution < -0.4 is 10.6 Å². The van der Waals surface area contributed by atoms with Crippen molar-refractivity contribution >= 4 is 38.9 Å². The van der Waals surface area contributed by atoms with Gasteiger partial charge in [-0.15, -0.1) is 11.3 Å². The molecule has 2 N–H and O–H groups in total. The van der Waals surface area contributed by atoms with Crippen molar-refractivity contribution in [3.05, 3.63) is 46.8 Å². The number of amides is 2. The van der Waals surface area contributed by atoms with Gasteiger partial charge < -0.3 is 10.6 Å². The highest BCUT2D eigenvalue weighted by atomic mass is 32.2. The molecule has 0 saturated carbocycles. The topological polar surface area (TPSA) is 95.6 Å². The first-order chi connectivity index (χ1) is 13.9. The molecule has 1 aromatic heterocycles. The molecule has 0 bridgehead atoms. The van der Waals surface area contributed by atoms with Gasteiger partial charge in [0, 0.05) is 36.1 Å². The van der Waals surface area contributed by atoms with Gasteiger partial charge >= 0.3 is 0 Å². The quantitative estimate of drug-likeness (QED) is 0.728. The summed E-state index contributed by atoms with van der Waals surface area (Å²) >= 11 is 1.19. The maximum atomic E-state index is 12.8. The molecule has 156 valence electrons. The van der Waals surface area contributed by atoms with E-state index in [1.54, 1.807) is 40.7 Å². The molecule has 0 spiro atoms. The van der Waals surface area contributed by atoms with Crippen molar-refractivity contribution in [2.24, 2.45) is 0 Å². The minimum atomic E-state index is -3.47. The number of hydrogen-bond acceptors (Lipinski definition) is 5. The number of sulfonamides is 1. The van der Waals surface area contributed by atoms with Gasteiger partial charge in [-0.05, 0) is 49.2 Å². The molecular formula is C20H25N3O4S2. The van der Waals surface area contributed by atoms with E-state index >= 15 is 0 Å². The minimum absolute atomic E-state index is 0.175. The third-order valence-corrected chi connectivity index (χ3v) is 8.14. The number of nitrogens with one attached hydrogen (secondary N) is 2. The average Bonchev–Trinajstić information content (AvgIpc) is 3.00. The molecule has 0 unspecified atom stereocenters. The summed E-state index contributed by atoms with van der Waals surface area (Å²) in [5.74, 6) is -0.435. The second-order valence-corrected chi connectivity index (χ2v) is 10.3. The molecule has 0 radical (unpaired) electrons. The molecule has 1 saturated heterocycles. The Morgan fingerprint density at radius 1 is 1.00 bits per heavy atom. The predicted octanol–water partition coefficient (Wildman–Crippen LogP) is 3.20. The van der Waals surface area contributed by atoms with Crippen molar-refractivity contribution in [1.82, 2.24) is 9.62 Å². The van der Waals surface area contributed by atoms with Gasteiger partial charge in [0.2, 0.25) is 5.91 Å². The fraction of sp³-hybridized carbons (Fsp3) is 0.400. The van der Waals surface area contributed by atoms with Gasteiger partial charge in [0.1, 0.15) is 4.21 Å². The molecule has 1 fully saturated rings. The second kappa shape index (κ2) is 9.51. The molecule has 1 aromatic carbocycles. The number of thiophene rings is 1. The zero-order chi connectivity index (χ0) is 20.9. The lowest BCUT2D eigenvalue weighted by Crippen LogP contribution is -2.31. The number of carbonyl (C=O) groups is 2. The van der Waals surface area contributed by atoms with E-state index in [2.05, 4.69) is 10.6 Å². The highest BCUT2D eigenvalue weighted by molar-refractivity contribution is 7.91. The molecule has 29 heavy (non-hydrogen) atoms. The number of carbonyl (C=O) groups excluding carboxylic acids is 2. The Balaban J connectivity index is 1.60. The molecule has 0 atom stereocenters. The summed E-state index contributed by atoms with van der Waals surface area (Å²) in [4.78, 5) is 24.1. The van der Waals surface area contributed by atoms with E-state index in [4.69, 9.17) is 0 Å². The van der Waals surface area contributed by atoms with E-state index < -0.39 is 10.0 Å². The summed E-state index contributed by atoms with van der Waals surface area (Å²) in [6.07, 6.45) is 3.93. The van der Waals surface area contributed by atoms with Crippen LogP contribution in [0.3, 0.4) is 0 Å². The Morgan fingerprint density at radius 3 is 2.28 bits per heavy atom. The lowest BCUT2D eigenvalue weighted by Gasteiger charge is -2.18. The van der Waals surface area contributed by atoms with Crippen molar-refractivity contribution in [3.63, 3.8) is 0 Å². The Morgan fingerprint density at radius 2 is 1.66 bits per heavy atom. The van der Waals surface area contributed by atoms with Crippen molar-refractivity contribution in [2.75, 3.05) is 18.4 Å². The second-order valence-electron chi connectivity index (χ2n) is 6.98. The fourth-order valence-electron chi connectivity index (χ4n) is 3.18. The first-order valence-electron chi connectivity index (χ1n) is 9.61. The summed E-state index contributed by atoms with van der Waals surface area (Å²) in [7, 11) is -3.47. The van der Waals surface area contributed by atoms with E-state index in [1.807, 2.05) is 0 Å². The molecule has 2 heterocycles. The van der Waals surface area contributed by atoms with E-state index in [-0.39, 0.29) is 18.4 Å². The van der Waals surface area contributed by atoms with Gasteiger partial charge in [-0.3, -0.25) is 9.59 Å². The monoisotopic (exact) mass is 435 g/mol. The average molecular weight is 436 g/mol. The zero-order valence-electron chi connectivity index (χ0n) is 16.3. The van der Waals surface area contributed by atoms with Crippen LogP contribution in [0, 0.1) is 0 Å². The summed E-state index contributed by atoms with van der Waals surface area (Å²) in [6, 6.07) is 9.94. The molecule has 9 heteroatoms. The summed E-state index contributed by atoms with van der Waals surface area (Å²) < 4.78 is 27.6. The number of anilines is 1. The van der Waals surface area contributed by atoms with Crippen molar-refractivity contribution in [3.8, 4) is 0 Å². The van der Waals surface area contributed by atoms with Gasteiger partial charge in [-0.1, -0.05) is 12.8 Å². The Bertz CT molecular complexity index is 960. The molecule has 7 nitrogen and oxygen atoms in total. The predicted molar refractivity (Wildman–Crippen MR) is 113 cm³/mol. The van der Waals surface area contributed by atoms with Gasteiger partial charge in [0.05, 0.1) is 6.54 Å². The van der Waals surface area contributed by atoms with E-state index in [9.17, 15) is 18.0 Å². The highest BCUT2D eigenvalue weighted by Crippen LogP contribution is 2.27. The Kier molecular flexibility index (Phi) is 7.05. The van der Waals surface area contributed by atoms with E-state index in [1.165, 1.54) is 18.3 Å². The first kappa shape index (κ1) is 21.5. The van der Waals surface area contributed by atoms with Crippen LogP contribution in [0.2, 0.25) is 0 Å². The van der Waals surface area contributed by atoms with Crippen LogP contribution in [0.5, 0.6) is 0 Å². The number of nitrogens with zero attached hydrogens (tertiary/aromatic N) is 1. The van der Waals surface area contributed by atoms with Gasteiger partial charge in [0.25, 0.3) is 15.9 Å². The number of rotatable bonds is 6. The lowest BCUT2D eigenvalue weighted by atomic mass is 10.2. The van der Waals surface area contributed by atoms with Crippen LogP contribution in [-0.4, -0.2) is 37.6 Å². The standard InChI is InChI=1S/C20H25N3O4S2/c1-15(24)22-17-8-6-16(7-9-17)20(25)21-14-18-10-11-19(28-18)29(26,27)23-12-4-2-3-5-13-23/h6-11H,2-5,12-14H2,1H3,(H,21,25)(H,22,24). The summed E-state index contributed by atoms with van der Waals surface area (Å²) in [5.41, 5.74) is 1.09. The van der Waals surface area contributed by atoms with Gasteiger partial charge in [0.15, 0.2) is 0 Å². The van der Waals surface area contributed by atoms with Crippen LogP contribution in [0.4, 0.5) is 5.69 Å². The maximum Gasteiger partial charge on any atom is 0.252 e. The molecule has 2 aromatic rings. The van der Waals surface area contributed by atoms with Crippen LogP contribution in [-0.2, 0) is 21.4 Å². The third kappa shape index (κ3) is 5.65. The molecule has 3 rings (SSSR count). The van der Waals surface area contributed by atoms with Crippen LogP contribution >= 0.6 is 11.3 Å². The highest BCUT2D eigenvalue weighted by Gasteiger charge is 2.26. The minimum Gasteiger partial charge on any atom is -0.347 e. The van der Waals surface area contributed by atoms with Crippen LogP contribution in [0.25, 0.3) is 0 Å². The van der Waals surface area contributed by atoms with Crippen LogP contribution in [0.1, 0.15) is 47.8 Å². The largest absolute Gasteiger partial charge is 0.347 e. The number of hydrogen-bond donors (Lipinski definition) is 2. The summed E-state index contributed by atoms with van der Waals surface area (Å²) in [5, 5.41) is 5.45. The third-order valence-electron chi connectivity index (χ3n) is 4.69. The smallest absolute Gasteiger partial charge is 0.252 e. The maximum absolute atomic E-state index is 12.8. The molecule has 1 aliphatic rings. The molecule has 2 amide bonds.